The standard InChI is InChI=1S/C11H12FN3O.ClH/c1-6-3-4-8(5-9(6)12)10-14-11(7(2)13)16-15-10;/h3-5,7H,13H2,1-2H3;1H. The Bertz CT molecular complexity index is 513. The highest BCUT2D eigenvalue weighted by Crippen LogP contribution is 2.20. The van der Waals surface area contributed by atoms with E-state index in [1.54, 1.807) is 26.0 Å². The zero-order valence-corrected chi connectivity index (χ0v) is 10.3. The summed E-state index contributed by atoms with van der Waals surface area (Å²) in [6.45, 7) is 3.44. The maximum atomic E-state index is 13.3. The van der Waals surface area contributed by atoms with Gasteiger partial charge in [-0.3, -0.25) is 0 Å². The van der Waals surface area contributed by atoms with E-state index in [9.17, 15) is 4.39 Å². The van der Waals surface area contributed by atoms with Gasteiger partial charge in [0.1, 0.15) is 5.82 Å². The van der Waals surface area contributed by atoms with Gasteiger partial charge < -0.3 is 10.3 Å². The highest BCUT2D eigenvalue weighted by Gasteiger charge is 2.12. The van der Waals surface area contributed by atoms with Crippen LogP contribution in [0.2, 0.25) is 0 Å². The molecule has 4 nitrogen and oxygen atoms in total. The summed E-state index contributed by atoms with van der Waals surface area (Å²) in [4.78, 5) is 4.08. The molecule has 1 aromatic carbocycles. The van der Waals surface area contributed by atoms with Gasteiger partial charge >= 0.3 is 0 Å². The van der Waals surface area contributed by atoms with Crippen LogP contribution < -0.4 is 5.73 Å². The zero-order valence-electron chi connectivity index (χ0n) is 9.48. The summed E-state index contributed by atoms with van der Waals surface area (Å²) in [5.41, 5.74) is 6.75. The molecule has 0 bridgehead atoms. The van der Waals surface area contributed by atoms with E-state index < -0.39 is 0 Å². The second-order valence-corrected chi connectivity index (χ2v) is 3.71. The summed E-state index contributed by atoms with van der Waals surface area (Å²) in [5.74, 6) is 0.409. The molecule has 1 atom stereocenters. The smallest absolute Gasteiger partial charge is 0.243 e. The fourth-order valence-electron chi connectivity index (χ4n) is 1.27. The lowest BCUT2D eigenvalue weighted by Crippen LogP contribution is -2.04. The van der Waals surface area contributed by atoms with Crippen molar-refractivity contribution < 1.29 is 8.91 Å². The van der Waals surface area contributed by atoms with Crippen LogP contribution in [0.1, 0.15) is 24.4 Å². The van der Waals surface area contributed by atoms with Crippen molar-refractivity contribution in [3.63, 3.8) is 0 Å². The van der Waals surface area contributed by atoms with Gasteiger partial charge in [-0.15, -0.1) is 12.4 Å². The topological polar surface area (TPSA) is 64.9 Å². The van der Waals surface area contributed by atoms with E-state index in [4.69, 9.17) is 10.3 Å². The number of hydrogen-bond acceptors (Lipinski definition) is 4. The molecule has 0 fully saturated rings. The zero-order chi connectivity index (χ0) is 11.7. The molecule has 0 spiro atoms. The van der Waals surface area contributed by atoms with Crippen molar-refractivity contribution in [2.45, 2.75) is 19.9 Å². The summed E-state index contributed by atoms with van der Waals surface area (Å²) in [6, 6.07) is 4.47. The van der Waals surface area contributed by atoms with E-state index in [1.807, 2.05) is 0 Å². The number of benzene rings is 1. The van der Waals surface area contributed by atoms with Crippen LogP contribution in [0.4, 0.5) is 4.39 Å². The molecule has 6 heteroatoms. The number of hydrogen-bond donors (Lipinski definition) is 1. The molecule has 2 N–H and O–H groups in total. The van der Waals surface area contributed by atoms with Gasteiger partial charge in [0.2, 0.25) is 11.7 Å². The number of nitrogens with two attached hydrogens (primary N) is 1. The van der Waals surface area contributed by atoms with E-state index in [0.29, 0.717) is 22.8 Å². The second-order valence-electron chi connectivity index (χ2n) is 3.71. The third-order valence-electron chi connectivity index (χ3n) is 2.26. The van der Waals surface area contributed by atoms with Crippen molar-refractivity contribution >= 4 is 12.4 Å². The van der Waals surface area contributed by atoms with Crippen LogP contribution in [0, 0.1) is 12.7 Å². The van der Waals surface area contributed by atoms with Crippen LogP contribution in [-0.4, -0.2) is 10.1 Å². The van der Waals surface area contributed by atoms with E-state index in [1.165, 1.54) is 6.07 Å². The Labute approximate surface area is 104 Å². The minimum absolute atomic E-state index is 0. The average molecular weight is 258 g/mol. The summed E-state index contributed by atoms with van der Waals surface area (Å²) in [5, 5.41) is 3.75. The minimum Gasteiger partial charge on any atom is -0.337 e. The molecule has 0 saturated carbocycles. The first-order valence-electron chi connectivity index (χ1n) is 4.93. The van der Waals surface area contributed by atoms with E-state index >= 15 is 0 Å². The van der Waals surface area contributed by atoms with Crippen molar-refractivity contribution in [2.75, 3.05) is 0 Å². The van der Waals surface area contributed by atoms with Gasteiger partial charge in [0.25, 0.3) is 0 Å². The first-order valence-corrected chi connectivity index (χ1v) is 4.93. The molecular weight excluding hydrogens is 245 g/mol. The number of rotatable bonds is 2. The predicted molar refractivity (Wildman–Crippen MR) is 64.3 cm³/mol. The molecule has 0 radical (unpaired) electrons. The van der Waals surface area contributed by atoms with Gasteiger partial charge in [0, 0.05) is 5.56 Å². The molecule has 0 aliphatic heterocycles. The van der Waals surface area contributed by atoms with Crippen molar-refractivity contribution in [2.24, 2.45) is 5.73 Å². The third kappa shape index (κ3) is 2.81. The fraction of sp³-hybridized carbons (Fsp3) is 0.273. The highest BCUT2D eigenvalue weighted by molar-refractivity contribution is 5.85. The molecular formula is C11H13ClFN3O. The normalized spacial score (nSPS) is 12.0. The van der Waals surface area contributed by atoms with Gasteiger partial charge in [-0.05, 0) is 25.5 Å². The fourth-order valence-corrected chi connectivity index (χ4v) is 1.27. The molecule has 0 aliphatic rings. The van der Waals surface area contributed by atoms with Crippen molar-refractivity contribution in [1.82, 2.24) is 10.1 Å². The highest BCUT2D eigenvalue weighted by atomic mass is 35.5. The van der Waals surface area contributed by atoms with E-state index in [-0.39, 0.29) is 24.3 Å². The Morgan fingerprint density at radius 1 is 1.41 bits per heavy atom. The summed E-state index contributed by atoms with van der Waals surface area (Å²) >= 11 is 0. The monoisotopic (exact) mass is 257 g/mol. The Hall–Kier alpha value is -1.46. The SMILES string of the molecule is Cc1ccc(-c2noc(C(C)N)n2)cc1F.Cl. The number of aromatic nitrogens is 2. The largest absolute Gasteiger partial charge is 0.337 e. The lowest BCUT2D eigenvalue weighted by atomic mass is 10.1. The molecule has 2 rings (SSSR count). The maximum Gasteiger partial charge on any atom is 0.243 e. The molecule has 2 aromatic rings. The van der Waals surface area contributed by atoms with Crippen molar-refractivity contribution in [1.29, 1.82) is 0 Å². The molecule has 17 heavy (non-hydrogen) atoms. The lowest BCUT2D eigenvalue weighted by molar-refractivity contribution is 0.362. The predicted octanol–water partition coefficient (Wildman–Crippen LogP) is 2.63. The summed E-state index contributed by atoms with van der Waals surface area (Å²) in [6.07, 6.45) is 0. The van der Waals surface area contributed by atoms with Crippen LogP contribution in [0.3, 0.4) is 0 Å². The van der Waals surface area contributed by atoms with E-state index in [2.05, 4.69) is 10.1 Å². The van der Waals surface area contributed by atoms with Crippen molar-refractivity contribution in [3.05, 3.63) is 35.5 Å². The Balaban J connectivity index is 0.00000144. The average Bonchev–Trinajstić information content (AvgIpc) is 2.71. The van der Waals surface area contributed by atoms with Gasteiger partial charge in [-0.2, -0.15) is 4.98 Å². The van der Waals surface area contributed by atoms with Crippen LogP contribution in [0.25, 0.3) is 11.4 Å². The van der Waals surface area contributed by atoms with Gasteiger partial charge in [-0.1, -0.05) is 17.3 Å². The van der Waals surface area contributed by atoms with Gasteiger partial charge in [0.15, 0.2) is 0 Å². The molecule has 1 aromatic heterocycles. The van der Waals surface area contributed by atoms with Crippen molar-refractivity contribution in [3.8, 4) is 11.4 Å². The quantitative estimate of drug-likeness (QED) is 0.898. The first-order chi connectivity index (χ1) is 7.58. The van der Waals surface area contributed by atoms with Crippen LogP contribution in [-0.2, 0) is 0 Å². The second kappa shape index (κ2) is 5.25. The van der Waals surface area contributed by atoms with Gasteiger partial charge in [-0.25, -0.2) is 4.39 Å². The lowest BCUT2D eigenvalue weighted by Gasteiger charge is -1.98. The van der Waals surface area contributed by atoms with Crippen LogP contribution in [0.15, 0.2) is 22.7 Å². The maximum absolute atomic E-state index is 13.3. The minimum atomic E-state index is -0.323. The summed E-state index contributed by atoms with van der Waals surface area (Å²) < 4.78 is 18.3. The molecule has 0 saturated heterocycles. The van der Waals surface area contributed by atoms with Crippen LogP contribution >= 0.6 is 12.4 Å². The Morgan fingerprint density at radius 3 is 2.65 bits per heavy atom. The van der Waals surface area contributed by atoms with Gasteiger partial charge in [0.05, 0.1) is 6.04 Å². The molecule has 0 aliphatic carbocycles. The molecule has 1 heterocycles. The third-order valence-corrected chi connectivity index (χ3v) is 2.26. The molecule has 0 amide bonds. The van der Waals surface area contributed by atoms with E-state index in [0.717, 1.165) is 0 Å². The Morgan fingerprint density at radius 2 is 2.12 bits per heavy atom. The number of halogens is 2. The molecule has 92 valence electrons. The first kappa shape index (κ1) is 13.6. The number of aryl methyl sites for hydroxylation is 1. The molecule has 1 unspecified atom stereocenters. The summed E-state index contributed by atoms with van der Waals surface area (Å²) in [7, 11) is 0. The van der Waals surface area contributed by atoms with Crippen LogP contribution in [0.5, 0.6) is 0 Å². The Kier molecular flexibility index (Phi) is 4.20. The number of nitrogens with zero attached hydrogens (tertiary/aromatic N) is 2.